The van der Waals surface area contributed by atoms with Crippen LogP contribution in [0.3, 0.4) is 0 Å². The van der Waals surface area contributed by atoms with Gasteiger partial charge in [-0.3, -0.25) is 0 Å². The summed E-state index contributed by atoms with van der Waals surface area (Å²) in [7, 11) is 1.75. The Kier molecular flexibility index (Phi) is 4.09. The molecule has 23 heavy (non-hydrogen) atoms. The second kappa shape index (κ2) is 5.97. The van der Waals surface area contributed by atoms with Gasteiger partial charge in [-0.1, -0.05) is 11.6 Å². The lowest BCUT2D eigenvalue weighted by atomic mass is 9.48. The summed E-state index contributed by atoms with van der Waals surface area (Å²) >= 11 is 6.18. The zero-order valence-electron chi connectivity index (χ0n) is 14.4. The van der Waals surface area contributed by atoms with E-state index in [2.05, 4.69) is 18.3 Å². The number of rotatable bonds is 5. The van der Waals surface area contributed by atoms with Crippen LogP contribution in [-0.2, 0) is 6.54 Å². The molecular weight excluding hydrogens is 306 g/mol. The van der Waals surface area contributed by atoms with Crippen LogP contribution in [-0.4, -0.2) is 13.2 Å². The normalized spacial score (nSPS) is 36.2. The first-order valence-corrected chi connectivity index (χ1v) is 9.61. The first-order valence-electron chi connectivity index (χ1n) is 9.24. The van der Waals surface area contributed by atoms with E-state index in [1.54, 1.807) is 7.11 Å². The van der Waals surface area contributed by atoms with E-state index in [-0.39, 0.29) is 0 Å². The molecule has 1 aromatic carbocycles. The molecule has 4 fully saturated rings. The number of ether oxygens (including phenoxy) is 1. The number of quaternary nitrogens is 1. The van der Waals surface area contributed by atoms with Crippen LogP contribution in [0.15, 0.2) is 18.2 Å². The van der Waals surface area contributed by atoms with E-state index in [9.17, 15) is 0 Å². The predicted octanol–water partition coefficient (Wildman–Crippen LogP) is 4.02. The number of methoxy groups -OCH3 is 1. The molecular formula is C20H29ClNO+. The number of benzene rings is 1. The molecule has 4 aliphatic carbocycles. The van der Waals surface area contributed by atoms with Gasteiger partial charge in [-0.25, -0.2) is 0 Å². The highest BCUT2D eigenvalue weighted by Crippen LogP contribution is 2.60. The zero-order chi connectivity index (χ0) is 16.0. The van der Waals surface area contributed by atoms with Crippen molar-refractivity contribution in [3.8, 4) is 5.75 Å². The Balaban J connectivity index is 1.46. The molecule has 1 aromatic rings. The summed E-state index contributed by atoms with van der Waals surface area (Å²) in [6.45, 7) is 3.43. The molecule has 0 aliphatic heterocycles. The van der Waals surface area contributed by atoms with Crippen molar-refractivity contribution >= 4 is 11.6 Å². The molecule has 0 saturated heterocycles. The monoisotopic (exact) mass is 334 g/mol. The number of hydrogen-bond acceptors (Lipinski definition) is 1. The molecule has 4 bridgehead atoms. The van der Waals surface area contributed by atoms with Crippen molar-refractivity contribution in [1.29, 1.82) is 0 Å². The fraction of sp³-hybridized carbons (Fsp3) is 0.700. The molecule has 5 rings (SSSR count). The fourth-order valence-corrected chi connectivity index (χ4v) is 6.39. The quantitative estimate of drug-likeness (QED) is 0.864. The standard InChI is InChI=1S/C20H28ClNO/c1-13(22-12-17-8-18(21)3-4-19(17)23-2)20-9-14-5-15(10-20)7-16(6-14)11-20/h3-4,8,13-16,22H,5-7,9-12H2,1-2H3/p+1/t13-,14?,15?,16?,20?/m1/s1. The Labute approximate surface area is 144 Å². The molecule has 0 amide bonds. The van der Waals surface area contributed by atoms with Crippen LogP contribution in [0.25, 0.3) is 0 Å². The van der Waals surface area contributed by atoms with Crippen LogP contribution in [0.1, 0.15) is 51.0 Å². The summed E-state index contributed by atoms with van der Waals surface area (Å²) in [5, 5.41) is 3.35. The molecule has 3 heteroatoms. The van der Waals surface area contributed by atoms with Crippen LogP contribution < -0.4 is 10.1 Å². The van der Waals surface area contributed by atoms with Gasteiger partial charge in [-0.15, -0.1) is 0 Å². The highest BCUT2D eigenvalue weighted by molar-refractivity contribution is 6.30. The van der Waals surface area contributed by atoms with Gasteiger partial charge in [0.15, 0.2) is 0 Å². The maximum Gasteiger partial charge on any atom is 0.127 e. The molecule has 4 saturated carbocycles. The summed E-state index contributed by atoms with van der Waals surface area (Å²) < 4.78 is 5.50. The number of nitrogens with two attached hydrogens (primary N) is 1. The zero-order valence-corrected chi connectivity index (χ0v) is 15.1. The van der Waals surface area contributed by atoms with Crippen LogP contribution in [0.2, 0.25) is 5.02 Å². The van der Waals surface area contributed by atoms with Crippen LogP contribution in [0.4, 0.5) is 0 Å². The largest absolute Gasteiger partial charge is 0.496 e. The van der Waals surface area contributed by atoms with Crippen molar-refractivity contribution in [3.05, 3.63) is 28.8 Å². The fourth-order valence-electron chi connectivity index (χ4n) is 6.20. The number of halogens is 1. The summed E-state index contributed by atoms with van der Waals surface area (Å²) in [6, 6.07) is 6.65. The first-order chi connectivity index (χ1) is 11.1. The van der Waals surface area contributed by atoms with E-state index in [0.717, 1.165) is 35.1 Å². The molecule has 0 heterocycles. The van der Waals surface area contributed by atoms with Gasteiger partial charge in [0.1, 0.15) is 12.3 Å². The van der Waals surface area contributed by atoms with Gasteiger partial charge in [0.2, 0.25) is 0 Å². The smallest absolute Gasteiger partial charge is 0.127 e. The lowest BCUT2D eigenvalue weighted by Gasteiger charge is -2.57. The number of hydrogen-bond donors (Lipinski definition) is 1. The molecule has 0 spiro atoms. The van der Waals surface area contributed by atoms with E-state index in [0.29, 0.717) is 11.5 Å². The van der Waals surface area contributed by atoms with E-state index in [1.165, 1.54) is 44.1 Å². The molecule has 0 unspecified atom stereocenters. The Bertz CT molecular complexity index is 550. The van der Waals surface area contributed by atoms with Gasteiger partial charge in [0.05, 0.1) is 13.2 Å². The summed E-state index contributed by atoms with van der Waals surface area (Å²) in [4.78, 5) is 0. The topological polar surface area (TPSA) is 25.8 Å². The average Bonchev–Trinajstić information content (AvgIpc) is 2.51. The lowest BCUT2D eigenvalue weighted by molar-refractivity contribution is -0.717. The third kappa shape index (κ3) is 2.89. The minimum absolute atomic E-state index is 0.598. The van der Waals surface area contributed by atoms with Crippen molar-refractivity contribution in [2.75, 3.05) is 7.11 Å². The van der Waals surface area contributed by atoms with Crippen molar-refractivity contribution < 1.29 is 10.1 Å². The van der Waals surface area contributed by atoms with Crippen molar-refractivity contribution in [3.63, 3.8) is 0 Å². The third-order valence-corrected chi connectivity index (χ3v) is 7.22. The second-order valence-corrected chi connectivity index (χ2v) is 8.90. The Hall–Kier alpha value is -0.730. The van der Waals surface area contributed by atoms with Crippen LogP contribution in [0, 0.1) is 23.2 Å². The van der Waals surface area contributed by atoms with Crippen molar-refractivity contribution in [2.24, 2.45) is 23.2 Å². The third-order valence-electron chi connectivity index (χ3n) is 6.99. The minimum atomic E-state index is 0.598. The summed E-state index contributed by atoms with van der Waals surface area (Å²) in [6.07, 6.45) is 8.99. The molecule has 0 aromatic heterocycles. The minimum Gasteiger partial charge on any atom is -0.496 e. The van der Waals surface area contributed by atoms with Gasteiger partial charge in [-0.2, -0.15) is 0 Å². The molecule has 4 aliphatic rings. The molecule has 2 nitrogen and oxygen atoms in total. The van der Waals surface area contributed by atoms with E-state index < -0.39 is 0 Å². The van der Waals surface area contributed by atoms with Gasteiger partial charge >= 0.3 is 0 Å². The highest BCUT2D eigenvalue weighted by Gasteiger charge is 2.54. The van der Waals surface area contributed by atoms with Crippen LogP contribution in [0.5, 0.6) is 5.75 Å². The van der Waals surface area contributed by atoms with Crippen molar-refractivity contribution in [2.45, 2.75) is 58.0 Å². The van der Waals surface area contributed by atoms with Gasteiger partial charge in [-0.05, 0) is 81.4 Å². The van der Waals surface area contributed by atoms with Gasteiger partial charge in [0.25, 0.3) is 0 Å². The first kappa shape index (κ1) is 15.8. The summed E-state index contributed by atoms with van der Waals surface area (Å²) in [5.74, 6) is 4.04. The highest BCUT2D eigenvalue weighted by atomic mass is 35.5. The van der Waals surface area contributed by atoms with E-state index in [4.69, 9.17) is 16.3 Å². The van der Waals surface area contributed by atoms with Gasteiger partial charge < -0.3 is 10.1 Å². The predicted molar refractivity (Wildman–Crippen MR) is 93.7 cm³/mol. The molecule has 126 valence electrons. The molecule has 0 radical (unpaired) electrons. The maximum absolute atomic E-state index is 6.18. The summed E-state index contributed by atoms with van der Waals surface area (Å²) in [5.41, 5.74) is 1.82. The molecule has 1 atom stereocenters. The van der Waals surface area contributed by atoms with E-state index >= 15 is 0 Å². The second-order valence-electron chi connectivity index (χ2n) is 8.46. The SMILES string of the molecule is COc1ccc(Cl)cc1C[NH2+][C@H](C)C12CC3CC(CC(C3)C1)C2. The Morgan fingerprint density at radius 2 is 1.78 bits per heavy atom. The Morgan fingerprint density at radius 3 is 2.35 bits per heavy atom. The molecule has 2 N–H and O–H groups in total. The van der Waals surface area contributed by atoms with E-state index in [1.807, 2.05) is 12.1 Å². The van der Waals surface area contributed by atoms with Crippen molar-refractivity contribution in [1.82, 2.24) is 0 Å². The average molecular weight is 335 g/mol. The maximum atomic E-state index is 6.18. The van der Waals surface area contributed by atoms with Gasteiger partial charge in [0, 0.05) is 16.0 Å². The van der Waals surface area contributed by atoms with Crippen LogP contribution >= 0.6 is 11.6 Å². The Morgan fingerprint density at radius 1 is 1.17 bits per heavy atom. The lowest BCUT2D eigenvalue weighted by Crippen LogP contribution is -2.91.